The molecule has 3 aromatic rings. The zero-order valence-corrected chi connectivity index (χ0v) is 20.5. The van der Waals surface area contributed by atoms with Crippen LogP contribution in [0.4, 0.5) is 29.3 Å². The monoisotopic (exact) mass is 490 g/mol. The largest absolute Gasteiger partial charge is 0.444 e. The van der Waals surface area contributed by atoms with Gasteiger partial charge in [0.2, 0.25) is 11.8 Å². The van der Waals surface area contributed by atoms with Gasteiger partial charge in [0.1, 0.15) is 5.60 Å². The van der Waals surface area contributed by atoms with Crippen LogP contribution in [-0.2, 0) is 17.3 Å². The average molecular weight is 491 g/mol. The number of nitrogens with zero attached hydrogens (tertiary/aromatic N) is 3. The van der Waals surface area contributed by atoms with Crippen LogP contribution in [0.3, 0.4) is 0 Å². The van der Waals surface area contributed by atoms with Gasteiger partial charge in [0.25, 0.3) is 0 Å². The van der Waals surface area contributed by atoms with Gasteiger partial charge < -0.3 is 19.4 Å². The summed E-state index contributed by atoms with van der Waals surface area (Å²) in [6.45, 7) is 9.12. The van der Waals surface area contributed by atoms with E-state index in [1.165, 1.54) is 17.0 Å². The summed E-state index contributed by atoms with van der Waals surface area (Å²) in [5.41, 5.74) is -0.369. The second-order valence-electron chi connectivity index (χ2n) is 9.78. The number of hydrogen-bond acceptors (Lipinski definition) is 6. The number of alkyl halides is 3. The van der Waals surface area contributed by atoms with Gasteiger partial charge in [0.05, 0.1) is 16.8 Å². The van der Waals surface area contributed by atoms with E-state index in [0.717, 1.165) is 12.1 Å². The fourth-order valence-corrected chi connectivity index (χ4v) is 3.18. The maximum absolute atomic E-state index is 12.8. The zero-order valence-electron chi connectivity index (χ0n) is 20.5. The van der Waals surface area contributed by atoms with E-state index in [0.29, 0.717) is 22.8 Å². The molecule has 1 amide bonds. The molecule has 0 saturated heterocycles. The molecular weight excluding hydrogens is 461 g/mol. The van der Waals surface area contributed by atoms with Crippen molar-refractivity contribution in [3.8, 4) is 11.5 Å². The Balaban J connectivity index is 1.77. The molecule has 3 rings (SSSR count). The summed E-state index contributed by atoms with van der Waals surface area (Å²) in [5, 5.41) is 11.4. The molecule has 0 bridgehead atoms. The first-order chi connectivity index (χ1) is 16.2. The highest BCUT2D eigenvalue weighted by atomic mass is 19.4. The maximum atomic E-state index is 12.8. The summed E-state index contributed by atoms with van der Waals surface area (Å²) in [4.78, 5) is 14.0. The summed E-state index contributed by atoms with van der Waals surface area (Å²) < 4.78 is 49.9. The topological polar surface area (TPSA) is 80.5 Å². The van der Waals surface area contributed by atoms with Crippen molar-refractivity contribution in [1.82, 2.24) is 15.1 Å². The minimum absolute atomic E-state index is 0.241. The Kier molecular flexibility index (Phi) is 7.14. The van der Waals surface area contributed by atoms with Crippen molar-refractivity contribution in [3.05, 3.63) is 60.0 Å². The molecule has 0 saturated carbocycles. The van der Waals surface area contributed by atoms with Crippen molar-refractivity contribution in [2.45, 2.75) is 58.4 Å². The normalized spacial score (nSPS) is 12.4. The van der Waals surface area contributed by atoms with Gasteiger partial charge in [-0.05, 0) is 71.0 Å². The quantitative estimate of drug-likeness (QED) is 0.415. The predicted octanol–water partition coefficient (Wildman–Crippen LogP) is 6.69. The highest BCUT2D eigenvalue weighted by molar-refractivity contribution is 5.76. The molecule has 0 fully saturated rings. The lowest BCUT2D eigenvalue weighted by Crippen LogP contribution is -2.48. The Hall–Kier alpha value is -3.56. The Morgan fingerprint density at radius 2 is 1.63 bits per heavy atom. The lowest BCUT2D eigenvalue weighted by molar-refractivity contribution is -0.137. The third-order valence-corrected chi connectivity index (χ3v) is 5.27. The molecule has 10 heteroatoms. The van der Waals surface area contributed by atoms with Crippen molar-refractivity contribution in [1.29, 1.82) is 0 Å². The highest BCUT2D eigenvalue weighted by Crippen LogP contribution is 2.33. The number of anilines is 2. The van der Waals surface area contributed by atoms with Gasteiger partial charge in [-0.15, -0.1) is 10.2 Å². The first kappa shape index (κ1) is 26.1. The fraction of sp³-hybridized carbons (Fsp3) is 0.400. The molecule has 35 heavy (non-hydrogen) atoms. The molecule has 2 aromatic carbocycles. The molecule has 0 aliphatic carbocycles. The summed E-state index contributed by atoms with van der Waals surface area (Å²) in [5.74, 6) is 0.565. The molecule has 0 unspecified atom stereocenters. The molecule has 7 nitrogen and oxygen atoms in total. The highest BCUT2D eigenvalue weighted by Gasteiger charge is 2.33. The summed E-state index contributed by atoms with van der Waals surface area (Å²) in [6, 6.07) is 11.8. The number of nitrogens with one attached hydrogen (secondary N) is 1. The average Bonchev–Trinajstić information content (AvgIpc) is 3.19. The van der Waals surface area contributed by atoms with E-state index in [2.05, 4.69) is 15.5 Å². The van der Waals surface area contributed by atoms with Crippen LogP contribution in [0.2, 0.25) is 0 Å². The van der Waals surface area contributed by atoms with Crippen molar-refractivity contribution in [2.75, 3.05) is 12.4 Å². The molecule has 0 spiro atoms. The number of carbonyl (C=O) groups excluding carboxylic acids is 1. The number of aromatic nitrogens is 2. The number of halogens is 3. The Morgan fingerprint density at radius 1 is 1.00 bits per heavy atom. The molecule has 0 aliphatic heterocycles. The number of carbonyl (C=O) groups is 1. The van der Waals surface area contributed by atoms with Gasteiger partial charge in [0.15, 0.2) is 0 Å². The molecule has 188 valence electrons. The number of para-hydroxylation sites is 1. The van der Waals surface area contributed by atoms with E-state index in [9.17, 15) is 18.0 Å². The lowest BCUT2D eigenvalue weighted by atomic mass is 9.99. The van der Waals surface area contributed by atoms with Gasteiger partial charge in [-0.2, -0.15) is 13.2 Å². The number of hydrogen-bond donors (Lipinski definition) is 1. The van der Waals surface area contributed by atoms with E-state index in [1.54, 1.807) is 52.1 Å². The zero-order chi connectivity index (χ0) is 26.0. The van der Waals surface area contributed by atoms with E-state index < -0.39 is 29.0 Å². The van der Waals surface area contributed by atoms with Crippen LogP contribution >= 0.6 is 0 Å². The molecule has 1 aromatic heterocycles. The second kappa shape index (κ2) is 9.59. The van der Waals surface area contributed by atoms with Crippen molar-refractivity contribution < 1.29 is 27.1 Å². The number of rotatable bonds is 6. The van der Waals surface area contributed by atoms with Crippen LogP contribution in [-0.4, -0.2) is 39.4 Å². The summed E-state index contributed by atoms with van der Waals surface area (Å²) in [7, 11) is 1.65. The molecule has 1 heterocycles. The van der Waals surface area contributed by atoms with E-state index in [4.69, 9.17) is 9.15 Å². The van der Waals surface area contributed by atoms with Crippen LogP contribution in [0.25, 0.3) is 11.5 Å². The molecule has 0 atom stereocenters. The molecule has 0 radical (unpaired) electrons. The van der Waals surface area contributed by atoms with Gasteiger partial charge in [-0.25, -0.2) is 4.79 Å². The minimum atomic E-state index is -4.40. The molecule has 1 N–H and O–H groups in total. The maximum Gasteiger partial charge on any atom is 0.416 e. The first-order valence-electron chi connectivity index (χ1n) is 11.0. The first-order valence-corrected chi connectivity index (χ1v) is 11.0. The van der Waals surface area contributed by atoms with Gasteiger partial charge >= 0.3 is 12.3 Å². The lowest BCUT2D eigenvalue weighted by Gasteiger charge is -2.35. The van der Waals surface area contributed by atoms with Crippen LogP contribution in [0.1, 0.15) is 46.1 Å². The van der Waals surface area contributed by atoms with Crippen LogP contribution in [0, 0.1) is 0 Å². The Morgan fingerprint density at radius 3 is 2.23 bits per heavy atom. The fourth-order valence-electron chi connectivity index (χ4n) is 3.18. The van der Waals surface area contributed by atoms with Crippen LogP contribution in [0.5, 0.6) is 0 Å². The van der Waals surface area contributed by atoms with Gasteiger partial charge in [0, 0.05) is 24.7 Å². The number of ether oxygens (including phenoxy) is 1. The smallest absolute Gasteiger partial charge is 0.416 e. The third-order valence-electron chi connectivity index (χ3n) is 5.27. The van der Waals surface area contributed by atoms with Gasteiger partial charge in [-0.1, -0.05) is 12.1 Å². The van der Waals surface area contributed by atoms with Crippen LogP contribution < -0.4 is 5.32 Å². The van der Waals surface area contributed by atoms with Crippen molar-refractivity contribution >= 4 is 17.5 Å². The Bertz CT molecular complexity index is 1170. The third kappa shape index (κ3) is 6.74. The number of benzene rings is 2. The SMILES string of the molecule is CN(C(=O)OC(C)(C)C)C(C)(C)Cc1nnc(-c2ccccc2Nc2ccc(C(F)(F)F)cc2)o1. The molecular formula is C25H29F3N4O3. The summed E-state index contributed by atoms with van der Waals surface area (Å²) in [6.07, 6.45) is -4.58. The van der Waals surface area contributed by atoms with Gasteiger partial charge in [-0.3, -0.25) is 0 Å². The second-order valence-corrected chi connectivity index (χ2v) is 9.78. The summed E-state index contributed by atoms with van der Waals surface area (Å²) >= 11 is 0. The minimum Gasteiger partial charge on any atom is -0.444 e. The Labute approximate surface area is 202 Å². The van der Waals surface area contributed by atoms with Crippen molar-refractivity contribution in [3.63, 3.8) is 0 Å². The number of likely N-dealkylation sites (N-methyl/N-ethyl adjacent to an activating group) is 1. The van der Waals surface area contributed by atoms with Crippen molar-refractivity contribution in [2.24, 2.45) is 0 Å². The molecule has 0 aliphatic rings. The predicted molar refractivity (Wildman–Crippen MR) is 126 cm³/mol. The van der Waals surface area contributed by atoms with E-state index in [-0.39, 0.29) is 12.3 Å². The van der Waals surface area contributed by atoms with Crippen LogP contribution in [0.15, 0.2) is 52.9 Å². The van der Waals surface area contributed by atoms with E-state index >= 15 is 0 Å². The number of amides is 1. The standard InChI is InChI=1S/C25H29F3N4O3/c1-23(2,3)35-22(33)32(6)24(4,5)15-20-30-31-21(34-20)18-9-7-8-10-19(18)29-17-13-11-16(12-14-17)25(26,27)28/h7-14,29H,15H2,1-6H3. The van der Waals surface area contributed by atoms with E-state index in [1.807, 2.05) is 13.8 Å².